The largest absolute Gasteiger partial charge is 0.394 e. The van der Waals surface area contributed by atoms with Crippen molar-refractivity contribution in [1.29, 1.82) is 0 Å². The number of amides is 1. The molecule has 0 aromatic carbocycles. The molecule has 1 amide bonds. The Labute approximate surface area is 344 Å². The van der Waals surface area contributed by atoms with E-state index >= 15 is 0 Å². The van der Waals surface area contributed by atoms with Crippen LogP contribution in [0, 0.1) is 0 Å². The molecule has 0 radical (unpaired) electrons. The molecule has 4 nitrogen and oxygen atoms in total. The summed E-state index contributed by atoms with van der Waals surface area (Å²) in [6, 6.07) is -0.629. The second-order valence-corrected chi connectivity index (χ2v) is 16.5. The molecule has 55 heavy (non-hydrogen) atoms. The van der Waals surface area contributed by atoms with Crippen LogP contribution in [0.5, 0.6) is 0 Å². The van der Waals surface area contributed by atoms with E-state index in [0.29, 0.717) is 6.42 Å². The number of aliphatic hydroxyl groups is 2. The molecule has 3 N–H and O–H groups in total. The number of rotatable bonds is 44. The molecule has 0 aliphatic carbocycles. The summed E-state index contributed by atoms with van der Waals surface area (Å²) in [5, 5.41) is 23.1. The summed E-state index contributed by atoms with van der Waals surface area (Å²) in [4.78, 5) is 12.4. The van der Waals surface area contributed by atoms with E-state index < -0.39 is 12.1 Å². The molecule has 0 aliphatic heterocycles. The van der Waals surface area contributed by atoms with Gasteiger partial charge in [-0.2, -0.15) is 0 Å². The highest BCUT2D eigenvalue weighted by Gasteiger charge is 2.17. The molecule has 0 spiro atoms. The molecule has 2 unspecified atom stereocenters. The Morgan fingerprint density at radius 3 is 1.20 bits per heavy atom. The van der Waals surface area contributed by atoms with Crippen LogP contribution in [0.4, 0.5) is 0 Å². The summed E-state index contributed by atoms with van der Waals surface area (Å²) < 4.78 is 0. The number of carbonyl (C=O) groups is 1. The highest BCUT2D eigenvalue weighted by molar-refractivity contribution is 5.76. The number of hydrogen-bond donors (Lipinski definition) is 3. The zero-order valence-electron chi connectivity index (χ0n) is 36.9. The molecular formula is C51H95NO3. The first kappa shape index (κ1) is 53.4. The lowest BCUT2D eigenvalue weighted by atomic mass is 10.0. The zero-order chi connectivity index (χ0) is 40.0. The van der Waals surface area contributed by atoms with Crippen molar-refractivity contribution in [1.82, 2.24) is 5.32 Å². The molecular weight excluding hydrogens is 675 g/mol. The van der Waals surface area contributed by atoms with Gasteiger partial charge < -0.3 is 15.5 Å². The molecule has 0 aromatic rings. The lowest BCUT2D eigenvalue weighted by Gasteiger charge is -2.20. The molecule has 0 aromatic heterocycles. The van der Waals surface area contributed by atoms with E-state index in [2.05, 4.69) is 55.6 Å². The SMILES string of the molecule is CC/C=C\C/C=C\C/C=C\CCCCCCCCCC(=O)NC(CO)C(O)/C=C/CCCCCCCCCCCCCCCCCCCCCCCCCC. The summed E-state index contributed by atoms with van der Waals surface area (Å²) in [7, 11) is 0. The quantitative estimate of drug-likeness (QED) is 0.0427. The van der Waals surface area contributed by atoms with E-state index in [9.17, 15) is 15.0 Å². The van der Waals surface area contributed by atoms with Crippen LogP contribution in [-0.2, 0) is 4.79 Å². The first-order chi connectivity index (χ1) is 27.2. The maximum Gasteiger partial charge on any atom is 0.220 e. The van der Waals surface area contributed by atoms with Crippen LogP contribution in [0.2, 0.25) is 0 Å². The van der Waals surface area contributed by atoms with Gasteiger partial charge in [0.15, 0.2) is 0 Å². The van der Waals surface area contributed by atoms with Gasteiger partial charge in [-0.15, -0.1) is 0 Å². The van der Waals surface area contributed by atoms with Crippen molar-refractivity contribution in [3.05, 3.63) is 48.6 Å². The lowest BCUT2D eigenvalue weighted by Crippen LogP contribution is -2.45. The first-order valence-corrected chi connectivity index (χ1v) is 24.4. The average Bonchev–Trinajstić information content (AvgIpc) is 3.19. The predicted molar refractivity (Wildman–Crippen MR) is 244 cm³/mol. The van der Waals surface area contributed by atoms with Crippen molar-refractivity contribution < 1.29 is 15.0 Å². The van der Waals surface area contributed by atoms with Crippen molar-refractivity contribution >= 4 is 5.91 Å². The minimum atomic E-state index is -0.845. The number of allylic oxidation sites excluding steroid dienone is 7. The van der Waals surface area contributed by atoms with Gasteiger partial charge in [0.1, 0.15) is 0 Å². The third kappa shape index (κ3) is 43.3. The average molecular weight is 770 g/mol. The second-order valence-electron chi connectivity index (χ2n) is 16.5. The molecule has 0 aliphatic rings. The Hall–Kier alpha value is -1.65. The summed E-state index contributed by atoms with van der Waals surface area (Å²) in [5.74, 6) is -0.0735. The Morgan fingerprint density at radius 1 is 0.455 bits per heavy atom. The molecule has 2 atom stereocenters. The molecule has 0 rings (SSSR count). The highest BCUT2D eigenvalue weighted by Crippen LogP contribution is 2.16. The normalized spacial score (nSPS) is 13.3. The Bertz CT molecular complexity index is 877. The van der Waals surface area contributed by atoms with Gasteiger partial charge in [-0.25, -0.2) is 0 Å². The summed E-state index contributed by atoms with van der Waals surface area (Å²) in [6.45, 7) is 4.21. The van der Waals surface area contributed by atoms with Crippen molar-refractivity contribution in [3.8, 4) is 0 Å². The van der Waals surface area contributed by atoms with Gasteiger partial charge in [0.25, 0.3) is 0 Å². The molecule has 0 bridgehead atoms. The minimum Gasteiger partial charge on any atom is -0.394 e. The summed E-state index contributed by atoms with van der Waals surface area (Å²) in [5.41, 5.74) is 0. The Balaban J connectivity index is 3.52. The Morgan fingerprint density at radius 2 is 0.800 bits per heavy atom. The third-order valence-corrected chi connectivity index (χ3v) is 11.1. The fourth-order valence-corrected chi connectivity index (χ4v) is 7.37. The fraction of sp³-hybridized carbons (Fsp3) is 0.824. The third-order valence-electron chi connectivity index (χ3n) is 11.1. The van der Waals surface area contributed by atoms with Crippen LogP contribution in [0.25, 0.3) is 0 Å². The predicted octanol–water partition coefficient (Wildman–Crippen LogP) is 15.5. The van der Waals surface area contributed by atoms with E-state index in [-0.39, 0.29) is 12.5 Å². The lowest BCUT2D eigenvalue weighted by molar-refractivity contribution is -0.123. The topological polar surface area (TPSA) is 69.6 Å². The minimum absolute atomic E-state index is 0.0735. The maximum absolute atomic E-state index is 12.4. The first-order valence-electron chi connectivity index (χ1n) is 24.4. The molecule has 0 saturated carbocycles. The van der Waals surface area contributed by atoms with Crippen LogP contribution >= 0.6 is 0 Å². The number of hydrogen-bond acceptors (Lipinski definition) is 3. The second kappa shape index (κ2) is 46.7. The summed E-state index contributed by atoms with van der Waals surface area (Å²) >= 11 is 0. The van der Waals surface area contributed by atoms with Crippen LogP contribution < -0.4 is 5.32 Å². The molecule has 0 fully saturated rings. The van der Waals surface area contributed by atoms with Crippen LogP contribution in [-0.4, -0.2) is 34.9 Å². The Kier molecular flexibility index (Phi) is 45.3. The van der Waals surface area contributed by atoms with Crippen molar-refractivity contribution in [2.45, 2.75) is 264 Å². The number of carbonyl (C=O) groups excluding carboxylic acids is 1. The van der Waals surface area contributed by atoms with Crippen LogP contribution in [0.15, 0.2) is 48.6 Å². The smallest absolute Gasteiger partial charge is 0.220 e. The van der Waals surface area contributed by atoms with Gasteiger partial charge in [0.05, 0.1) is 18.8 Å². The van der Waals surface area contributed by atoms with Gasteiger partial charge in [0.2, 0.25) is 5.91 Å². The van der Waals surface area contributed by atoms with Gasteiger partial charge in [0, 0.05) is 6.42 Å². The van der Waals surface area contributed by atoms with E-state index in [1.807, 2.05) is 6.08 Å². The molecule has 4 heteroatoms. The maximum atomic E-state index is 12.4. The number of aliphatic hydroxyl groups excluding tert-OH is 2. The van der Waals surface area contributed by atoms with E-state index in [1.54, 1.807) is 6.08 Å². The monoisotopic (exact) mass is 770 g/mol. The van der Waals surface area contributed by atoms with Crippen LogP contribution in [0.1, 0.15) is 251 Å². The fourth-order valence-electron chi connectivity index (χ4n) is 7.37. The van der Waals surface area contributed by atoms with E-state index in [0.717, 1.165) is 57.8 Å². The van der Waals surface area contributed by atoms with Gasteiger partial charge >= 0.3 is 0 Å². The van der Waals surface area contributed by atoms with E-state index in [4.69, 9.17) is 0 Å². The van der Waals surface area contributed by atoms with Crippen LogP contribution in [0.3, 0.4) is 0 Å². The number of unbranched alkanes of at least 4 members (excludes halogenated alkanes) is 31. The number of nitrogens with one attached hydrogen (secondary N) is 1. The van der Waals surface area contributed by atoms with Gasteiger partial charge in [-0.3, -0.25) is 4.79 Å². The summed E-state index contributed by atoms with van der Waals surface area (Å²) in [6.07, 6.45) is 63.8. The highest BCUT2D eigenvalue weighted by atomic mass is 16.3. The van der Waals surface area contributed by atoms with Crippen molar-refractivity contribution in [2.75, 3.05) is 6.61 Å². The molecule has 0 saturated heterocycles. The van der Waals surface area contributed by atoms with E-state index in [1.165, 1.54) is 173 Å². The standard InChI is InChI=1S/C51H95NO3/c1-3-5-7-9-11-13-15-17-19-21-22-23-24-25-26-27-28-29-31-32-34-36-38-40-42-44-46-50(54)49(48-53)52-51(55)47-45-43-41-39-37-35-33-30-20-18-16-14-12-10-8-6-4-2/h6,8,12,14,18,20,44,46,49-50,53-54H,3-5,7,9-11,13,15-17,19,21-43,45,47-48H2,1-2H3,(H,52,55)/b8-6-,14-12-,20-18-,46-44+. The zero-order valence-corrected chi connectivity index (χ0v) is 36.9. The molecule has 322 valence electrons. The van der Waals surface area contributed by atoms with Crippen molar-refractivity contribution in [3.63, 3.8) is 0 Å². The van der Waals surface area contributed by atoms with Crippen molar-refractivity contribution in [2.24, 2.45) is 0 Å². The van der Waals surface area contributed by atoms with Gasteiger partial charge in [-0.05, 0) is 51.4 Å². The molecule has 0 heterocycles. The van der Waals surface area contributed by atoms with Gasteiger partial charge in [-0.1, -0.05) is 242 Å².